The second-order valence-corrected chi connectivity index (χ2v) is 7.52. The summed E-state index contributed by atoms with van der Waals surface area (Å²) >= 11 is 0. The van der Waals surface area contributed by atoms with Gasteiger partial charge >= 0.3 is 6.03 Å². The molecular weight excluding hydrogens is 268 g/mol. The number of urea groups is 1. The quantitative estimate of drug-likeness (QED) is 0.796. The summed E-state index contributed by atoms with van der Waals surface area (Å²) in [5.74, 6) is -0.659. The van der Waals surface area contributed by atoms with Crippen LogP contribution >= 0.6 is 0 Å². The van der Waals surface area contributed by atoms with Crippen LogP contribution in [0.3, 0.4) is 0 Å². The van der Waals surface area contributed by atoms with E-state index in [2.05, 4.69) is 26.1 Å². The third kappa shape index (κ3) is 3.27. The number of carbonyl (C=O) groups is 3. The molecule has 1 aliphatic heterocycles. The molecule has 0 aromatic carbocycles. The molecule has 5 heteroatoms. The van der Waals surface area contributed by atoms with Crippen molar-refractivity contribution in [3.05, 3.63) is 0 Å². The number of nitrogens with zero attached hydrogens (tertiary/aromatic N) is 1. The van der Waals surface area contributed by atoms with Crippen LogP contribution in [-0.2, 0) is 9.59 Å². The Hall–Kier alpha value is -1.39. The van der Waals surface area contributed by atoms with E-state index in [-0.39, 0.29) is 17.2 Å². The molecular formula is C16H26N2O3. The van der Waals surface area contributed by atoms with Crippen molar-refractivity contribution in [3.8, 4) is 0 Å². The zero-order valence-electron chi connectivity index (χ0n) is 13.3. The van der Waals surface area contributed by atoms with Crippen molar-refractivity contribution < 1.29 is 14.4 Å². The van der Waals surface area contributed by atoms with Crippen molar-refractivity contribution in [2.75, 3.05) is 6.54 Å². The summed E-state index contributed by atoms with van der Waals surface area (Å²) in [6, 6.07) is -0.552. The zero-order valence-corrected chi connectivity index (χ0v) is 13.3. The van der Waals surface area contributed by atoms with Crippen molar-refractivity contribution in [2.24, 2.45) is 10.8 Å². The van der Waals surface area contributed by atoms with E-state index in [4.69, 9.17) is 0 Å². The summed E-state index contributed by atoms with van der Waals surface area (Å²) in [7, 11) is 0. The Balaban J connectivity index is 2.20. The van der Waals surface area contributed by atoms with Crippen molar-refractivity contribution in [3.63, 3.8) is 0 Å². The molecule has 5 nitrogen and oxygen atoms in total. The van der Waals surface area contributed by atoms with Gasteiger partial charge in [0.2, 0.25) is 11.8 Å². The van der Waals surface area contributed by atoms with Crippen LogP contribution in [0.4, 0.5) is 4.79 Å². The van der Waals surface area contributed by atoms with Gasteiger partial charge in [-0.05, 0) is 24.7 Å². The lowest BCUT2D eigenvalue weighted by atomic mass is 9.76. The zero-order chi connectivity index (χ0) is 15.7. The first kappa shape index (κ1) is 16.0. The molecule has 118 valence electrons. The van der Waals surface area contributed by atoms with Gasteiger partial charge in [0.25, 0.3) is 0 Å². The largest absolute Gasteiger partial charge is 0.330 e. The minimum Gasteiger partial charge on any atom is -0.277 e. The van der Waals surface area contributed by atoms with Crippen molar-refractivity contribution in [2.45, 2.75) is 65.7 Å². The molecule has 0 atom stereocenters. The van der Waals surface area contributed by atoms with E-state index in [1.807, 2.05) is 0 Å². The van der Waals surface area contributed by atoms with Gasteiger partial charge in [-0.3, -0.25) is 19.8 Å². The van der Waals surface area contributed by atoms with Gasteiger partial charge in [-0.2, -0.15) is 0 Å². The van der Waals surface area contributed by atoms with Crippen LogP contribution in [0.1, 0.15) is 65.7 Å². The number of hydrogen-bond acceptors (Lipinski definition) is 3. The highest BCUT2D eigenvalue weighted by atomic mass is 16.2. The number of rotatable bonds is 2. The van der Waals surface area contributed by atoms with Crippen molar-refractivity contribution in [1.29, 1.82) is 0 Å². The molecule has 1 N–H and O–H groups in total. The van der Waals surface area contributed by atoms with E-state index in [0.29, 0.717) is 19.4 Å². The van der Waals surface area contributed by atoms with E-state index in [0.717, 1.165) is 32.1 Å². The maximum atomic E-state index is 12.8. The Kier molecular flexibility index (Phi) is 4.40. The average molecular weight is 294 g/mol. The number of hydrogen-bond donors (Lipinski definition) is 1. The van der Waals surface area contributed by atoms with Crippen LogP contribution in [0.2, 0.25) is 0 Å². The molecule has 0 aromatic rings. The maximum absolute atomic E-state index is 12.8. The van der Waals surface area contributed by atoms with Gasteiger partial charge in [-0.15, -0.1) is 0 Å². The van der Waals surface area contributed by atoms with Gasteiger partial charge in [0.15, 0.2) is 0 Å². The third-order valence-electron chi connectivity index (χ3n) is 4.60. The third-order valence-corrected chi connectivity index (χ3v) is 4.60. The summed E-state index contributed by atoms with van der Waals surface area (Å²) in [5.41, 5.74) is -0.957. The van der Waals surface area contributed by atoms with E-state index in [9.17, 15) is 14.4 Å². The summed E-state index contributed by atoms with van der Waals surface area (Å²) < 4.78 is 0. The molecule has 1 heterocycles. The van der Waals surface area contributed by atoms with E-state index < -0.39 is 11.4 Å². The molecule has 1 saturated carbocycles. The Morgan fingerprint density at radius 3 is 2.14 bits per heavy atom. The second kappa shape index (κ2) is 5.78. The van der Waals surface area contributed by atoms with Crippen molar-refractivity contribution in [1.82, 2.24) is 10.2 Å². The van der Waals surface area contributed by atoms with Gasteiger partial charge < -0.3 is 0 Å². The lowest BCUT2D eigenvalue weighted by Crippen LogP contribution is -2.64. The highest BCUT2D eigenvalue weighted by Crippen LogP contribution is 2.39. The van der Waals surface area contributed by atoms with Gasteiger partial charge in [-0.25, -0.2) is 4.79 Å². The smallest absolute Gasteiger partial charge is 0.277 e. The minimum absolute atomic E-state index is 0.0403. The molecule has 1 spiro atoms. The normalized spacial score (nSPS) is 23.2. The molecule has 2 fully saturated rings. The number of amides is 4. The Labute approximate surface area is 126 Å². The standard InChI is InChI=1S/C16H26N2O3/c1-15(2,3)10-11-18-13(20)16(12(19)17-14(18)21)8-6-4-5-7-9-16/h4-11H2,1-3H3,(H,17,19,21). The molecule has 4 amide bonds. The van der Waals surface area contributed by atoms with Crippen LogP contribution in [-0.4, -0.2) is 29.3 Å². The molecule has 2 aliphatic rings. The van der Waals surface area contributed by atoms with Crippen LogP contribution in [0.25, 0.3) is 0 Å². The maximum Gasteiger partial charge on any atom is 0.330 e. The first-order valence-electron chi connectivity index (χ1n) is 7.94. The number of imide groups is 2. The Morgan fingerprint density at radius 1 is 1.05 bits per heavy atom. The second-order valence-electron chi connectivity index (χ2n) is 7.52. The summed E-state index contributed by atoms with van der Waals surface area (Å²) in [4.78, 5) is 38.4. The van der Waals surface area contributed by atoms with E-state index in [1.165, 1.54) is 4.90 Å². The topological polar surface area (TPSA) is 66.5 Å². The van der Waals surface area contributed by atoms with Crippen molar-refractivity contribution >= 4 is 17.8 Å². The SMILES string of the molecule is CC(C)(C)CCN1C(=O)NC(=O)C2(CCCCCC2)C1=O. The first-order valence-corrected chi connectivity index (χ1v) is 7.94. The Morgan fingerprint density at radius 2 is 1.62 bits per heavy atom. The summed E-state index contributed by atoms with van der Waals surface area (Å²) in [6.07, 6.45) is 5.72. The fraction of sp³-hybridized carbons (Fsp3) is 0.812. The highest BCUT2D eigenvalue weighted by Gasteiger charge is 2.53. The lowest BCUT2D eigenvalue weighted by molar-refractivity contribution is -0.152. The predicted molar refractivity (Wildman–Crippen MR) is 79.5 cm³/mol. The Bertz CT molecular complexity index is 443. The van der Waals surface area contributed by atoms with Gasteiger partial charge in [-0.1, -0.05) is 46.5 Å². The highest BCUT2D eigenvalue weighted by molar-refractivity contribution is 6.19. The minimum atomic E-state index is -0.998. The van der Waals surface area contributed by atoms with Gasteiger partial charge in [0, 0.05) is 6.54 Å². The molecule has 0 unspecified atom stereocenters. The van der Waals surface area contributed by atoms with Gasteiger partial charge in [0.1, 0.15) is 5.41 Å². The molecule has 1 saturated heterocycles. The number of carbonyl (C=O) groups excluding carboxylic acids is 3. The molecule has 0 radical (unpaired) electrons. The summed E-state index contributed by atoms with van der Waals surface area (Å²) in [5, 5.41) is 2.41. The van der Waals surface area contributed by atoms with E-state index in [1.54, 1.807) is 0 Å². The van der Waals surface area contributed by atoms with Crippen LogP contribution in [0, 0.1) is 10.8 Å². The molecule has 0 aromatic heterocycles. The van der Waals surface area contributed by atoms with Gasteiger partial charge in [0.05, 0.1) is 0 Å². The summed E-state index contributed by atoms with van der Waals surface area (Å²) in [6.45, 7) is 6.60. The van der Waals surface area contributed by atoms with Crippen LogP contribution in [0.5, 0.6) is 0 Å². The molecule has 1 aliphatic carbocycles. The predicted octanol–water partition coefficient (Wildman–Crippen LogP) is 2.84. The fourth-order valence-electron chi connectivity index (χ4n) is 3.16. The van der Waals surface area contributed by atoms with E-state index >= 15 is 0 Å². The number of barbiturate groups is 1. The van der Waals surface area contributed by atoms with Crippen LogP contribution in [0.15, 0.2) is 0 Å². The average Bonchev–Trinajstić information content (AvgIpc) is 2.62. The molecule has 0 bridgehead atoms. The van der Waals surface area contributed by atoms with Crippen LogP contribution < -0.4 is 5.32 Å². The first-order chi connectivity index (χ1) is 9.76. The lowest BCUT2D eigenvalue weighted by Gasteiger charge is -2.39. The monoisotopic (exact) mass is 294 g/mol. The molecule has 21 heavy (non-hydrogen) atoms. The molecule has 2 rings (SSSR count). The fourth-order valence-corrected chi connectivity index (χ4v) is 3.16. The number of nitrogens with one attached hydrogen (secondary N) is 1.